The van der Waals surface area contributed by atoms with Gasteiger partial charge in [-0.25, -0.2) is 4.98 Å². The first-order valence-corrected chi connectivity index (χ1v) is 7.50. The standard InChI is InChI=1S/C15H21N3OS/c1-6-11(4)8-16-13(10(2)3)9-20-15-17-12(5)7-14(19)18-15/h7-8H,4,6,9H2,1-3,5H3,(H,17,18,19). The molecule has 0 aliphatic carbocycles. The molecular weight excluding hydrogens is 270 g/mol. The van der Waals surface area contributed by atoms with Gasteiger partial charge in [0.05, 0.1) is 0 Å². The highest BCUT2D eigenvalue weighted by molar-refractivity contribution is 7.99. The molecule has 1 rings (SSSR count). The largest absolute Gasteiger partial charge is 0.301 e. The number of aliphatic imine (C=N–C) groups is 1. The molecule has 0 aliphatic rings. The van der Waals surface area contributed by atoms with Crippen LogP contribution in [-0.2, 0) is 0 Å². The van der Waals surface area contributed by atoms with Gasteiger partial charge in [0.25, 0.3) is 5.56 Å². The Bertz CT molecular complexity index is 595. The van der Waals surface area contributed by atoms with Crippen molar-refractivity contribution in [3.05, 3.63) is 45.5 Å². The van der Waals surface area contributed by atoms with Crippen molar-refractivity contribution < 1.29 is 0 Å². The maximum Gasteiger partial charge on any atom is 0.251 e. The quantitative estimate of drug-likeness (QED) is 0.496. The van der Waals surface area contributed by atoms with E-state index in [1.807, 2.05) is 27.7 Å². The Hall–Kier alpha value is -1.62. The van der Waals surface area contributed by atoms with Crippen LogP contribution in [-0.4, -0.2) is 21.9 Å². The maximum atomic E-state index is 11.4. The van der Waals surface area contributed by atoms with Gasteiger partial charge in [0, 0.05) is 29.4 Å². The summed E-state index contributed by atoms with van der Waals surface area (Å²) in [5.41, 5.74) is 3.72. The predicted octanol–water partition coefficient (Wildman–Crippen LogP) is 3.50. The van der Waals surface area contributed by atoms with Crippen molar-refractivity contribution in [2.24, 2.45) is 4.99 Å². The van der Waals surface area contributed by atoms with Crippen molar-refractivity contribution in [2.75, 3.05) is 5.75 Å². The summed E-state index contributed by atoms with van der Waals surface area (Å²) in [6, 6.07) is 1.48. The number of rotatable bonds is 6. The van der Waals surface area contributed by atoms with Gasteiger partial charge in [0.1, 0.15) is 0 Å². The van der Waals surface area contributed by atoms with E-state index in [2.05, 4.69) is 21.5 Å². The summed E-state index contributed by atoms with van der Waals surface area (Å²) in [4.78, 5) is 22.9. The van der Waals surface area contributed by atoms with Crippen molar-refractivity contribution in [1.82, 2.24) is 9.97 Å². The molecule has 0 bridgehead atoms. The molecule has 1 heterocycles. The van der Waals surface area contributed by atoms with Crippen LogP contribution in [0.3, 0.4) is 0 Å². The van der Waals surface area contributed by atoms with Gasteiger partial charge in [0.15, 0.2) is 5.16 Å². The van der Waals surface area contributed by atoms with E-state index in [4.69, 9.17) is 0 Å². The van der Waals surface area contributed by atoms with Gasteiger partial charge in [0.2, 0.25) is 0 Å². The minimum absolute atomic E-state index is 0.124. The van der Waals surface area contributed by atoms with Gasteiger partial charge in [-0.05, 0) is 32.8 Å². The zero-order valence-corrected chi connectivity index (χ0v) is 13.3. The number of thioether (sulfide) groups is 1. The van der Waals surface area contributed by atoms with E-state index in [1.165, 1.54) is 17.8 Å². The summed E-state index contributed by atoms with van der Waals surface area (Å²) in [6.07, 6.45) is 2.69. The fourth-order valence-corrected chi connectivity index (χ4v) is 2.35. The molecule has 5 heteroatoms. The van der Waals surface area contributed by atoms with Gasteiger partial charge in [-0.3, -0.25) is 9.79 Å². The van der Waals surface area contributed by atoms with Crippen LogP contribution in [0.4, 0.5) is 0 Å². The molecule has 0 radical (unpaired) electrons. The number of aromatic amines is 1. The van der Waals surface area contributed by atoms with Crippen LogP contribution in [0, 0.1) is 6.92 Å². The Morgan fingerprint density at radius 3 is 2.80 bits per heavy atom. The summed E-state index contributed by atoms with van der Waals surface area (Å²) in [5, 5.41) is 0.623. The molecule has 0 unspecified atom stereocenters. The van der Waals surface area contributed by atoms with Gasteiger partial charge in [-0.2, -0.15) is 0 Å². The molecule has 0 spiro atoms. The van der Waals surface area contributed by atoms with Crippen LogP contribution in [0.5, 0.6) is 0 Å². The minimum Gasteiger partial charge on any atom is -0.301 e. The number of hydrogen-bond donors (Lipinski definition) is 1. The topological polar surface area (TPSA) is 58.1 Å². The highest BCUT2D eigenvalue weighted by Crippen LogP contribution is 2.18. The Morgan fingerprint density at radius 2 is 2.25 bits per heavy atom. The molecule has 0 fully saturated rings. The van der Waals surface area contributed by atoms with Crippen LogP contribution in [0.1, 0.15) is 32.9 Å². The van der Waals surface area contributed by atoms with E-state index in [-0.39, 0.29) is 5.56 Å². The molecule has 4 nitrogen and oxygen atoms in total. The lowest BCUT2D eigenvalue weighted by Gasteiger charge is -2.05. The highest BCUT2D eigenvalue weighted by Gasteiger charge is 2.03. The summed E-state index contributed by atoms with van der Waals surface area (Å²) in [7, 11) is 0. The first kappa shape index (κ1) is 16.4. The van der Waals surface area contributed by atoms with E-state index in [0.717, 1.165) is 29.0 Å². The Balaban J connectivity index is 2.78. The number of hydrogen-bond acceptors (Lipinski definition) is 4. The van der Waals surface area contributed by atoms with Crippen molar-refractivity contribution >= 4 is 18.0 Å². The third-order valence-electron chi connectivity index (χ3n) is 2.63. The zero-order chi connectivity index (χ0) is 15.1. The average Bonchev–Trinajstić information content (AvgIpc) is 2.36. The number of nitrogens with zero attached hydrogens (tertiary/aromatic N) is 2. The second kappa shape index (κ2) is 7.85. The highest BCUT2D eigenvalue weighted by atomic mass is 32.2. The third-order valence-corrected chi connectivity index (χ3v) is 3.51. The number of H-pyrrole nitrogens is 1. The smallest absolute Gasteiger partial charge is 0.251 e. The lowest BCUT2D eigenvalue weighted by Crippen LogP contribution is -2.08. The van der Waals surface area contributed by atoms with E-state index in [1.54, 1.807) is 6.21 Å². The summed E-state index contributed by atoms with van der Waals surface area (Å²) in [6.45, 7) is 11.8. The third kappa shape index (κ3) is 5.57. The molecule has 1 N–H and O–H groups in total. The zero-order valence-electron chi connectivity index (χ0n) is 12.5. The van der Waals surface area contributed by atoms with Crippen LogP contribution in [0.25, 0.3) is 0 Å². The van der Waals surface area contributed by atoms with Crippen molar-refractivity contribution in [3.63, 3.8) is 0 Å². The van der Waals surface area contributed by atoms with Crippen LogP contribution < -0.4 is 5.56 Å². The minimum atomic E-state index is -0.124. The monoisotopic (exact) mass is 291 g/mol. The molecule has 0 amide bonds. The van der Waals surface area contributed by atoms with Crippen molar-refractivity contribution in [1.29, 1.82) is 0 Å². The number of allylic oxidation sites excluding steroid dienone is 2. The SMILES string of the molecule is C=C(C=NC(CSc1nc(C)cc(=O)[nH]1)=C(C)C)CC. The molecule has 0 aromatic carbocycles. The van der Waals surface area contributed by atoms with Crippen LogP contribution >= 0.6 is 11.8 Å². The molecule has 1 aromatic rings. The molecule has 0 atom stereocenters. The number of aryl methyl sites for hydroxylation is 1. The van der Waals surface area contributed by atoms with Gasteiger partial charge in [-0.1, -0.05) is 30.8 Å². The first-order valence-electron chi connectivity index (χ1n) is 6.51. The molecule has 108 valence electrons. The van der Waals surface area contributed by atoms with Crippen LogP contribution in [0.15, 0.2) is 44.4 Å². The molecule has 0 aliphatic heterocycles. The lowest BCUT2D eigenvalue weighted by molar-refractivity contribution is 0.906. The van der Waals surface area contributed by atoms with Gasteiger partial charge < -0.3 is 4.98 Å². The molecule has 20 heavy (non-hydrogen) atoms. The lowest BCUT2D eigenvalue weighted by atomic mass is 10.2. The first-order chi connectivity index (χ1) is 9.42. The fraction of sp³-hybridized carbons (Fsp3) is 0.400. The number of aromatic nitrogens is 2. The fourth-order valence-electron chi connectivity index (χ4n) is 1.33. The Morgan fingerprint density at radius 1 is 1.55 bits per heavy atom. The molecule has 0 saturated carbocycles. The van der Waals surface area contributed by atoms with Gasteiger partial charge in [-0.15, -0.1) is 0 Å². The van der Waals surface area contributed by atoms with E-state index in [0.29, 0.717) is 10.9 Å². The molecule has 0 saturated heterocycles. The second-order valence-electron chi connectivity index (χ2n) is 4.70. The summed E-state index contributed by atoms with van der Waals surface area (Å²) >= 11 is 1.48. The van der Waals surface area contributed by atoms with Crippen molar-refractivity contribution in [2.45, 2.75) is 39.3 Å². The predicted molar refractivity (Wildman–Crippen MR) is 86.6 cm³/mol. The van der Waals surface area contributed by atoms with Crippen molar-refractivity contribution in [3.8, 4) is 0 Å². The van der Waals surface area contributed by atoms with Gasteiger partial charge >= 0.3 is 0 Å². The maximum absolute atomic E-state index is 11.4. The second-order valence-corrected chi connectivity index (χ2v) is 5.66. The Kier molecular flexibility index (Phi) is 6.45. The number of nitrogens with one attached hydrogen (secondary N) is 1. The van der Waals surface area contributed by atoms with E-state index < -0.39 is 0 Å². The molecule has 1 aromatic heterocycles. The van der Waals surface area contributed by atoms with Crippen LogP contribution in [0.2, 0.25) is 0 Å². The summed E-state index contributed by atoms with van der Waals surface area (Å²) < 4.78 is 0. The average molecular weight is 291 g/mol. The van der Waals surface area contributed by atoms with E-state index >= 15 is 0 Å². The molecular formula is C15H21N3OS. The summed E-state index contributed by atoms with van der Waals surface area (Å²) in [5.74, 6) is 0.669. The Labute approximate surface area is 124 Å². The van der Waals surface area contributed by atoms with E-state index in [9.17, 15) is 4.79 Å². The normalized spacial score (nSPS) is 10.8.